The van der Waals surface area contributed by atoms with Crippen molar-refractivity contribution in [1.29, 1.82) is 0 Å². The summed E-state index contributed by atoms with van der Waals surface area (Å²) in [6.07, 6.45) is -15.8. The van der Waals surface area contributed by atoms with E-state index in [-0.39, 0.29) is 0 Å². The molecule has 0 aliphatic carbocycles. The van der Waals surface area contributed by atoms with Crippen LogP contribution in [0.15, 0.2) is 30.3 Å². The zero-order chi connectivity index (χ0) is 29.0. The van der Waals surface area contributed by atoms with Crippen molar-refractivity contribution in [3.8, 4) is 0 Å². The monoisotopic (exact) mass is 589 g/mol. The van der Waals surface area contributed by atoms with Crippen molar-refractivity contribution in [2.75, 3.05) is 0 Å². The van der Waals surface area contributed by atoms with Gasteiger partial charge in [0, 0.05) is 6.54 Å². The van der Waals surface area contributed by atoms with Gasteiger partial charge in [-0.15, -0.1) is 0 Å². The molecule has 0 heterocycles. The van der Waals surface area contributed by atoms with Gasteiger partial charge in [0.2, 0.25) is 0 Å². The van der Waals surface area contributed by atoms with Gasteiger partial charge in [-0.1, -0.05) is 30.3 Å². The molecule has 1 rings (SSSR count). The highest BCUT2D eigenvalue weighted by Gasteiger charge is 2.97. The second kappa shape index (κ2) is 8.76. The molecule has 0 saturated heterocycles. The molecule has 1 atom stereocenters. The van der Waals surface area contributed by atoms with Gasteiger partial charge in [-0.2, -0.15) is 70.2 Å². The van der Waals surface area contributed by atoms with Crippen LogP contribution in [0.4, 0.5) is 74.6 Å². The van der Waals surface area contributed by atoms with Crippen molar-refractivity contribution in [3.05, 3.63) is 35.9 Å². The molecule has 0 aromatic heterocycles. The van der Waals surface area contributed by atoms with E-state index in [4.69, 9.17) is 0 Å². The number of hydrogen-bond donors (Lipinski definition) is 1. The highest BCUT2D eigenvalue weighted by atomic mass is 32.2. The van der Waals surface area contributed by atoms with Gasteiger partial charge in [-0.25, -0.2) is 17.5 Å². The summed E-state index contributed by atoms with van der Waals surface area (Å²) in [6, 6.07) is 4.85. The minimum absolute atomic E-state index is 0.349. The lowest BCUT2D eigenvalue weighted by Crippen LogP contribution is -2.77. The van der Waals surface area contributed by atoms with Crippen LogP contribution in [0.5, 0.6) is 0 Å². The second-order valence-electron chi connectivity index (χ2n) is 6.77. The molecule has 210 valence electrons. The molecule has 21 heteroatoms. The van der Waals surface area contributed by atoms with E-state index in [9.17, 15) is 83.1 Å². The van der Waals surface area contributed by atoms with Crippen molar-refractivity contribution in [2.45, 2.75) is 53.5 Å². The van der Waals surface area contributed by atoms with Crippen molar-refractivity contribution in [3.63, 3.8) is 0 Å². The molecule has 0 bridgehead atoms. The van der Waals surface area contributed by atoms with Gasteiger partial charge in [0.25, 0.3) is 10.0 Å². The first-order valence-electron chi connectivity index (χ1n) is 8.32. The van der Waals surface area contributed by atoms with E-state index >= 15 is 0 Å². The van der Waals surface area contributed by atoms with Gasteiger partial charge in [0.15, 0.2) is 0 Å². The number of hydrogen-bond acceptors (Lipinski definition) is 2. The zero-order valence-corrected chi connectivity index (χ0v) is 17.1. The van der Waals surface area contributed by atoms with Crippen LogP contribution in [0.25, 0.3) is 0 Å². The molecule has 0 aliphatic rings. The molecule has 1 aromatic carbocycles. The Morgan fingerprint density at radius 3 is 1.25 bits per heavy atom. The summed E-state index contributed by atoms with van der Waals surface area (Å²) in [7, 11) is -7.75. The number of sulfonamides is 1. The largest absolute Gasteiger partial charge is 0.460 e. The number of alkyl halides is 17. The summed E-state index contributed by atoms with van der Waals surface area (Å²) in [5.41, 5.74) is -0.498. The molecule has 0 fully saturated rings. The van der Waals surface area contributed by atoms with Crippen molar-refractivity contribution in [2.24, 2.45) is 0 Å². The Bertz CT molecular complexity index is 1030. The minimum Gasteiger partial charge on any atom is -0.208 e. The maximum Gasteiger partial charge on any atom is 0.460 e. The van der Waals surface area contributed by atoms with Gasteiger partial charge in [0.05, 0.1) is 0 Å². The summed E-state index contributed by atoms with van der Waals surface area (Å²) in [5.74, 6) is -43.3. The van der Waals surface area contributed by atoms with Crippen LogP contribution in [0.1, 0.15) is 5.56 Å². The van der Waals surface area contributed by atoms with Gasteiger partial charge in [-0.3, -0.25) is 0 Å². The average Bonchev–Trinajstić information content (AvgIpc) is 2.69. The Kier molecular flexibility index (Phi) is 7.78. The maximum absolute atomic E-state index is 14.5. The predicted octanol–water partition coefficient (Wildman–Crippen LogP) is 6.07. The normalized spacial score (nSPS) is 17.1. The van der Waals surface area contributed by atoms with Crippen LogP contribution >= 0.6 is 0 Å². The van der Waals surface area contributed by atoms with E-state index in [0.717, 1.165) is 24.3 Å². The van der Waals surface area contributed by atoms with Crippen LogP contribution in [-0.4, -0.2) is 55.4 Å². The first-order valence-corrected chi connectivity index (χ1v) is 9.81. The Balaban J connectivity index is 3.79. The number of benzene rings is 1. The Morgan fingerprint density at radius 1 is 0.528 bits per heavy atom. The van der Waals surface area contributed by atoms with Crippen LogP contribution in [0.3, 0.4) is 0 Å². The fourth-order valence-corrected chi connectivity index (χ4v) is 3.67. The first kappa shape index (κ1) is 32.0. The predicted molar refractivity (Wildman–Crippen MR) is 82.9 cm³/mol. The molecule has 0 amide bonds. The second-order valence-corrected chi connectivity index (χ2v) is 8.63. The topological polar surface area (TPSA) is 46.2 Å². The molecular formula is C15H8F17NO2S. The van der Waals surface area contributed by atoms with Gasteiger partial charge < -0.3 is 0 Å². The van der Waals surface area contributed by atoms with Gasteiger partial charge >= 0.3 is 47.0 Å². The van der Waals surface area contributed by atoms with Crippen LogP contribution in [-0.2, 0) is 16.6 Å². The lowest BCUT2D eigenvalue weighted by atomic mass is 9.91. The standard InChI is InChI=1S/C15H8F17NO2S/c16-8(17,10(20,21)12(24,25)14(27,28)29)9(18,19)11(22,23)13(26,15(30,31)32)36(34,35)33-6-7-4-2-1-3-5-7/h1-5,33H,6H2. The minimum atomic E-state index is -8.86. The van der Waals surface area contributed by atoms with E-state index in [1.165, 1.54) is 6.07 Å². The van der Waals surface area contributed by atoms with Gasteiger partial charge in [-0.05, 0) is 5.56 Å². The SMILES string of the molecule is O=S(=O)(NCc1ccccc1)C(F)(C(F)(F)F)C(F)(F)C(F)(F)C(F)(F)C(F)(F)C(F)(F)C(F)(F)F. The molecule has 3 nitrogen and oxygen atoms in total. The molecule has 1 N–H and O–H groups in total. The summed E-state index contributed by atoms with van der Waals surface area (Å²) >= 11 is 0. The van der Waals surface area contributed by atoms with E-state index in [1.807, 2.05) is 0 Å². The van der Waals surface area contributed by atoms with Crippen molar-refractivity contribution in [1.82, 2.24) is 4.72 Å². The van der Waals surface area contributed by atoms with Crippen molar-refractivity contribution >= 4 is 10.0 Å². The third kappa shape index (κ3) is 4.34. The Labute approximate surface area is 188 Å². The summed E-state index contributed by atoms with van der Waals surface area (Å²) < 4.78 is 249. The Morgan fingerprint density at radius 2 is 0.889 bits per heavy atom. The molecule has 36 heavy (non-hydrogen) atoms. The van der Waals surface area contributed by atoms with E-state index in [1.54, 1.807) is 0 Å². The van der Waals surface area contributed by atoms with E-state index in [2.05, 4.69) is 0 Å². The maximum atomic E-state index is 14.5. The summed E-state index contributed by atoms with van der Waals surface area (Å²) in [4.78, 5) is 0. The van der Waals surface area contributed by atoms with Gasteiger partial charge in [0.1, 0.15) is 0 Å². The zero-order valence-electron chi connectivity index (χ0n) is 16.2. The van der Waals surface area contributed by atoms with Crippen LogP contribution in [0.2, 0.25) is 0 Å². The highest BCUT2D eigenvalue weighted by molar-refractivity contribution is 7.90. The smallest absolute Gasteiger partial charge is 0.208 e. The number of rotatable bonds is 9. The average molecular weight is 589 g/mol. The first-order chi connectivity index (χ1) is 15.6. The van der Waals surface area contributed by atoms with Crippen molar-refractivity contribution < 1.29 is 83.1 Å². The summed E-state index contributed by atoms with van der Waals surface area (Å²) in [6.45, 7) is -1.63. The molecule has 0 aliphatic heterocycles. The highest BCUT2D eigenvalue weighted by Crippen LogP contribution is 2.64. The fourth-order valence-electron chi connectivity index (χ4n) is 2.34. The third-order valence-corrected chi connectivity index (χ3v) is 6.13. The fraction of sp³-hybridized carbons (Fsp3) is 0.600. The molecule has 0 spiro atoms. The summed E-state index contributed by atoms with van der Waals surface area (Å²) in [5, 5.41) is -7.99. The van der Waals surface area contributed by atoms with Crippen LogP contribution < -0.4 is 4.72 Å². The lowest BCUT2D eigenvalue weighted by Gasteiger charge is -2.43. The molecule has 0 radical (unpaired) electrons. The molecule has 1 unspecified atom stereocenters. The number of halogens is 17. The molecular weight excluding hydrogens is 581 g/mol. The molecule has 0 saturated carbocycles. The quantitative estimate of drug-likeness (QED) is 0.356. The molecule has 1 aromatic rings. The third-order valence-electron chi connectivity index (χ3n) is 4.38. The Hall–Kier alpha value is -2.06. The number of nitrogens with one attached hydrogen (secondary N) is 1. The van der Waals surface area contributed by atoms with Crippen LogP contribution in [0, 0.1) is 0 Å². The van der Waals surface area contributed by atoms with E-state index in [0.29, 0.717) is 4.72 Å². The van der Waals surface area contributed by atoms with E-state index < -0.39 is 69.1 Å². The lowest BCUT2D eigenvalue weighted by molar-refractivity contribution is -0.450.